The molecule has 0 unspecified atom stereocenters. The third-order valence-corrected chi connectivity index (χ3v) is 21.8. The second kappa shape index (κ2) is 43.2. The van der Waals surface area contributed by atoms with E-state index in [1.54, 1.807) is 64.7 Å². The Morgan fingerprint density at radius 1 is 0.344 bits per heavy atom. The summed E-state index contributed by atoms with van der Waals surface area (Å²) in [5.41, 5.74) is 15.9. The maximum absolute atomic E-state index is 11.5. The van der Waals surface area contributed by atoms with E-state index in [2.05, 4.69) is 211 Å². The Labute approximate surface area is 723 Å². The SMILES string of the molecule is CC(C)c1cn2ccccc2n1.CC(C)c1cn2ccsc2n1.CC(C)c1cnc2ccccc2n1.CC(C)c1nc2ccccc2[nH]1.CC(C)c1nc2ccccc2c(=O)o1.CC(C)c1nc2ccccc2o1.CC(C)c1nc2ccccc2s1.CC(C)c1nc2cccnc2o1.CC(C)c1nc2ccncc2s1.CC(C)c1nc2ncccc2o1. The Balaban J connectivity index is 0.000000132. The number of nitrogens with one attached hydrogen (secondary N) is 1. The Kier molecular flexibility index (Phi) is 32.0. The van der Waals surface area contributed by atoms with E-state index in [1.165, 1.54) is 25.1 Å². The molecule has 0 spiro atoms. The van der Waals surface area contributed by atoms with E-state index in [-0.39, 0.29) is 11.5 Å². The van der Waals surface area contributed by atoms with E-state index < -0.39 is 0 Å². The number of hydrogen-bond donors (Lipinski definition) is 1. The summed E-state index contributed by atoms with van der Waals surface area (Å²) in [5, 5.41) is 5.01. The van der Waals surface area contributed by atoms with Gasteiger partial charge in [0.15, 0.2) is 39.4 Å². The van der Waals surface area contributed by atoms with Crippen molar-refractivity contribution in [1.82, 2.24) is 83.6 Å². The van der Waals surface area contributed by atoms with Crippen molar-refractivity contribution in [3.8, 4) is 0 Å². The first kappa shape index (κ1) is 90.3. The molecular weight excluding hydrogens is 1580 g/mol. The summed E-state index contributed by atoms with van der Waals surface area (Å²) in [6, 6.07) is 54.8. The van der Waals surface area contributed by atoms with Crippen molar-refractivity contribution in [1.29, 1.82) is 0 Å². The molecule has 25 heteroatoms. The van der Waals surface area contributed by atoms with Gasteiger partial charge in [-0.05, 0) is 121 Å². The maximum atomic E-state index is 11.5. The average Bonchev–Trinajstić information content (AvgIpc) is 1.61. The summed E-state index contributed by atoms with van der Waals surface area (Å²) in [7, 11) is 0. The van der Waals surface area contributed by atoms with Crippen LogP contribution in [0.25, 0.3) is 97.6 Å². The van der Waals surface area contributed by atoms with Crippen molar-refractivity contribution >= 4 is 132 Å². The molecule has 0 bridgehead atoms. The van der Waals surface area contributed by atoms with Gasteiger partial charge in [0.1, 0.15) is 22.5 Å². The van der Waals surface area contributed by atoms with Gasteiger partial charge in [-0.3, -0.25) is 14.4 Å². The van der Waals surface area contributed by atoms with Gasteiger partial charge in [0.25, 0.3) is 0 Å². The minimum atomic E-state index is -0.306. The number of para-hydroxylation sites is 8. The van der Waals surface area contributed by atoms with E-state index >= 15 is 0 Å². The van der Waals surface area contributed by atoms with E-state index in [1.807, 2.05) is 211 Å². The first-order valence-electron chi connectivity index (χ1n) is 41.4. The van der Waals surface area contributed by atoms with Crippen LogP contribution in [0.2, 0.25) is 0 Å². The number of hydrogen-bond acceptors (Lipinski definition) is 22. The van der Waals surface area contributed by atoms with Crippen LogP contribution in [0.4, 0.5) is 0 Å². The minimum Gasteiger partial charge on any atom is -0.440 e. The lowest BCUT2D eigenvalue weighted by Gasteiger charge is -2.04. The van der Waals surface area contributed by atoms with Crippen molar-refractivity contribution in [2.75, 3.05) is 0 Å². The lowest BCUT2D eigenvalue weighted by molar-refractivity contribution is 0.424. The number of oxazole rings is 3. The van der Waals surface area contributed by atoms with Gasteiger partial charge >= 0.3 is 5.63 Å². The zero-order valence-electron chi connectivity index (χ0n) is 73.1. The monoisotopic (exact) mass is 1690 g/mol. The lowest BCUT2D eigenvalue weighted by atomic mass is 10.1. The maximum Gasteiger partial charge on any atom is 0.346 e. The highest BCUT2D eigenvalue weighted by atomic mass is 32.1. The van der Waals surface area contributed by atoms with Crippen LogP contribution in [-0.4, -0.2) is 83.6 Å². The van der Waals surface area contributed by atoms with Gasteiger partial charge in [-0.2, -0.15) is 4.98 Å². The number of pyridine rings is 4. The number of nitrogens with zero attached hydrogens (tertiary/aromatic N) is 16. The number of aromatic amines is 1. The largest absolute Gasteiger partial charge is 0.440 e. The quantitative estimate of drug-likeness (QED) is 0.133. The molecule has 22 nitrogen and oxygen atoms in total. The average molecular weight is 1690 g/mol. The van der Waals surface area contributed by atoms with Crippen molar-refractivity contribution in [2.24, 2.45) is 0 Å². The third-order valence-electron chi connectivity index (χ3n) is 18.4. The molecule has 20 aromatic rings. The molecule has 0 aliphatic carbocycles. The summed E-state index contributed by atoms with van der Waals surface area (Å²) in [6.45, 7) is 42.0. The Morgan fingerprint density at radius 3 is 1.49 bits per heavy atom. The van der Waals surface area contributed by atoms with Crippen molar-refractivity contribution in [3.05, 3.63) is 298 Å². The van der Waals surface area contributed by atoms with Crippen molar-refractivity contribution in [3.63, 3.8) is 0 Å². The van der Waals surface area contributed by atoms with Crippen molar-refractivity contribution in [2.45, 2.75) is 198 Å². The molecule has 0 saturated heterocycles. The van der Waals surface area contributed by atoms with Gasteiger partial charge in [-0.1, -0.05) is 205 Å². The van der Waals surface area contributed by atoms with E-state index in [4.69, 9.17) is 17.7 Å². The van der Waals surface area contributed by atoms with Crippen LogP contribution in [0.3, 0.4) is 0 Å². The molecule has 15 aromatic heterocycles. The summed E-state index contributed by atoms with van der Waals surface area (Å²) < 4.78 is 28.1. The normalized spacial score (nSPS) is 11.2. The second-order valence-corrected chi connectivity index (χ2v) is 34.9. The highest BCUT2D eigenvalue weighted by Crippen LogP contribution is 2.30. The molecule has 122 heavy (non-hydrogen) atoms. The molecule has 0 amide bonds. The van der Waals surface area contributed by atoms with Gasteiger partial charge in [0, 0.05) is 103 Å². The van der Waals surface area contributed by atoms with Crippen LogP contribution in [0.15, 0.2) is 253 Å². The number of benzene rings is 5. The van der Waals surface area contributed by atoms with E-state index in [9.17, 15) is 4.79 Å². The predicted octanol–water partition coefficient (Wildman–Crippen LogP) is 26.6. The van der Waals surface area contributed by atoms with Gasteiger partial charge < -0.3 is 27.1 Å². The summed E-state index contributed by atoms with van der Waals surface area (Å²) in [6.07, 6.45) is 17.2. The molecule has 15 heterocycles. The van der Waals surface area contributed by atoms with Crippen LogP contribution in [-0.2, 0) is 0 Å². The third kappa shape index (κ3) is 24.9. The Hall–Kier alpha value is -12.5. The lowest BCUT2D eigenvalue weighted by Crippen LogP contribution is -2.05. The minimum absolute atomic E-state index is 0.132. The number of H-pyrrole nitrogens is 1. The number of rotatable bonds is 10. The number of imidazole rings is 3. The van der Waals surface area contributed by atoms with Crippen LogP contribution >= 0.6 is 34.0 Å². The molecule has 0 radical (unpaired) electrons. The zero-order chi connectivity index (χ0) is 87.1. The molecule has 1 N–H and O–H groups in total. The topological polar surface area (TPSA) is 275 Å². The summed E-state index contributed by atoms with van der Waals surface area (Å²) in [5.74, 6) is 8.02. The van der Waals surface area contributed by atoms with E-state index in [0.717, 1.165) is 101 Å². The molecule has 0 atom stereocenters. The molecule has 0 aliphatic heterocycles. The first-order chi connectivity index (χ1) is 58.6. The Morgan fingerprint density at radius 2 is 0.869 bits per heavy atom. The van der Waals surface area contributed by atoms with Gasteiger partial charge in [-0.15, -0.1) is 34.0 Å². The van der Waals surface area contributed by atoms with Crippen LogP contribution < -0.4 is 5.63 Å². The van der Waals surface area contributed by atoms with Crippen LogP contribution in [0, 0.1) is 0 Å². The van der Waals surface area contributed by atoms with Crippen LogP contribution in [0.5, 0.6) is 0 Å². The fraction of sp³-hybridized carbons (Fsp3) is 0.309. The molecular formula is C97H109N17O5S3. The number of aromatic nitrogens is 17. The highest BCUT2D eigenvalue weighted by molar-refractivity contribution is 7.19. The highest BCUT2D eigenvalue weighted by Gasteiger charge is 2.15. The van der Waals surface area contributed by atoms with Gasteiger partial charge in [-0.25, -0.2) is 59.6 Å². The number of fused-ring (bicyclic) bond motifs is 10. The standard InChI is InChI=1S/C11H12N2.C11H11NO2.2C10H12N2.C10H11NO.C10H11NS.2C9H10N2O.C9H10N2S.C8H10N2S/c1-8(2)11-7-12-9-5-3-4-6-10(9)13-11;1-7(2)10-12-9-6-4-3-5-8(9)11(13)14-10;1-8(2)9-7-12-6-4-3-5-10(12)11-9;3*1-7(2)10-11-8-5-3-4-6-9(8)12-10;1-6(2)9-11-8-7(12-9)4-3-5-10-8;1-6(2)8-11-7-4-3-5-10-9(7)12-8;1-6(2)9-11-7-3-4-10-5-8(7)12-9;1-6(2)7-5-10-3-4-11-8(10)9-7/h3-8H,1-2H3;3-7H,1-2H3;3-8H,1-2H3;3-7H,1-2H3,(H,11,12);2*3-7H,1-2H3;3*3-6H,1-2H3;3-6H,1-2H3. The molecule has 630 valence electrons. The van der Waals surface area contributed by atoms with Crippen LogP contribution in [0.1, 0.15) is 254 Å². The first-order valence-corrected chi connectivity index (χ1v) is 43.9. The number of thiazole rings is 3. The summed E-state index contributed by atoms with van der Waals surface area (Å²) in [4.78, 5) is 76.5. The molecule has 5 aromatic carbocycles. The molecule has 0 aliphatic rings. The van der Waals surface area contributed by atoms with Gasteiger partial charge in [0.05, 0.1) is 80.5 Å². The molecule has 0 fully saturated rings. The molecule has 20 rings (SSSR count). The van der Waals surface area contributed by atoms with Crippen molar-refractivity contribution < 1.29 is 17.7 Å². The molecule has 0 saturated carbocycles. The van der Waals surface area contributed by atoms with E-state index in [0.29, 0.717) is 81.4 Å². The Bertz CT molecular complexity index is 5660. The summed E-state index contributed by atoms with van der Waals surface area (Å²) >= 11 is 5.20. The fourth-order valence-corrected chi connectivity index (χ4v) is 14.0. The zero-order valence-corrected chi connectivity index (χ0v) is 75.6. The second-order valence-electron chi connectivity index (χ2n) is 31.9. The predicted molar refractivity (Wildman–Crippen MR) is 500 cm³/mol. The van der Waals surface area contributed by atoms with Gasteiger partial charge in [0.2, 0.25) is 11.6 Å². The fourth-order valence-electron chi connectivity index (χ4n) is 11.4. The smallest absolute Gasteiger partial charge is 0.346 e.